The second kappa shape index (κ2) is 4.44. The molecule has 2 N–H and O–H groups in total. The molecule has 0 atom stereocenters. The fourth-order valence-corrected chi connectivity index (χ4v) is 1.21. The Bertz CT molecular complexity index is 468. The molecule has 1 aromatic rings. The number of amides is 1. The highest BCUT2D eigenvalue weighted by molar-refractivity contribution is 5.92. The molecule has 92 valence electrons. The van der Waals surface area contributed by atoms with Crippen molar-refractivity contribution >= 4 is 17.6 Å². The third-order valence-corrected chi connectivity index (χ3v) is 1.88. The molecule has 1 amide bonds. The van der Waals surface area contributed by atoms with E-state index in [2.05, 4.69) is 0 Å². The van der Waals surface area contributed by atoms with E-state index in [1.807, 2.05) is 5.32 Å². The Morgan fingerprint density at radius 2 is 1.88 bits per heavy atom. The molecule has 0 aromatic heterocycles. The summed E-state index contributed by atoms with van der Waals surface area (Å²) in [5.41, 5.74) is -2.14. The molecule has 0 heterocycles. The minimum Gasteiger partial charge on any atom is -0.478 e. The Labute approximate surface area is 94.1 Å². The number of hydrogen-bond donors (Lipinski definition) is 2. The molecule has 17 heavy (non-hydrogen) atoms. The van der Waals surface area contributed by atoms with E-state index in [0.29, 0.717) is 6.07 Å². The lowest BCUT2D eigenvalue weighted by atomic mass is 10.1. The van der Waals surface area contributed by atoms with Crippen molar-refractivity contribution in [3.05, 3.63) is 29.3 Å². The van der Waals surface area contributed by atoms with E-state index in [4.69, 9.17) is 5.11 Å². The van der Waals surface area contributed by atoms with Crippen molar-refractivity contribution in [1.82, 2.24) is 0 Å². The van der Waals surface area contributed by atoms with Crippen molar-refractivity contribution in [2.75, 3.05) is 5.32 Å². The monoisotopic (exact) mass is 247 g/mol. The highest BCUT2D eigenvalue weighted by atomic mass is 19.4. The van der Waals surface area contributed by atoms with Gasteiger partial charge in [-0.1, -0.05) is 0 Å². The van der Waals surface area contributed by atoms with Crippen LogP contribution >= 0.6 is 0 Å². The molecule has 1 aromatic carbocycles. The predicted octanol–water partition coefficient (Wildman–Crippen LogP) is 2.36. The molecule has 0 unspecified atom stereocenters. The van der Waals surface area contributed by atoms with E-state index in [-0.39, 0.29) is 0 Å². The molecular weight excluding hydrogens is 239 g/mol. The van der Waals surface area contributed by atoms with Crippen molar-refractivity contribution in [1.29, 1.82) is 0 Å². The summed E-state index contributed by atoms with van der Waals surface area (Å²) in [6.45, 7) is 1.06. The standard InChI is InChI=1S/C10H8F3NO3/c1-5(15)14-8-3-2-6(9(16)17)4-7(8)10(11,12)13/h2-4H,1H3,(H,14,15)(H,16,17). The van der Waals surface area contributed by atoms with Crippen LogP contribution in [-0.2, 0) is 11.0 Å². The molecule has 0 aliphatic heterocycles. The summed E-state index contributed by atoms with van der Waals surface area (Å²) in [7, 11) is 0. The Balaban J connectivity index is 3.31. The van der Waals surface area contributed by atoms with Crippen LogP contribution in [0.3, 0.4) is 0 Å². The first-order valence-electron chi connectivity index (χ1n) is 4.44. The molecule has 0 saturated heterocycles. The van der Waals surface area contributed by atoms with E-state index in [1.165, 1.54) is 0 Å². The summed E-state index contributed by atoms with van der Waals surface area (Å²) in [4.78, 5) is 21.3. The smallest absolute Gasteiger partial charge is 0.418 e. The van der Waals surface area contributed by atoms with Crippen molar-refractivity contribution in [2.45, 2.75) is 13.1 Å². The lowest BCUT2D eigenvalue weighted by molar-refractivity contribution is -0.137. The number of aromatic carboxylic acids is 1. The zero-order valence-corrected chi connectivity index (χ0v) is 8.63. The minimum absolute atomic E-state index is 0.463. The van der Waals surface area contributed by atoms with Crippen molar-refractivity contribution in [3.8, 4) is 0 Å². The quantitative estimate of drug-likeness (QED) is 0.843. The first-order chi connectivity index (χ1) is 7.71. The molecule has 7 heteroatoms. The number of halogens is 3. The Kier molecular flexibility index (Phi) is 3.40. The average molecular weight is 247 g/mol. The fraction of sp³-hybridized carbons (Fsp3) is 0.200. The lowest BCUT2D eigenvalue weighted by Crippen LogP contribution is -2.15. The summed E-state index contributed by atoms with van der Waals surface area (Å²) in [5.74, 6) is -2.14. The predicted molar refractivity (Wildman–Crippen MR) is 52.7 cm³/mol. The maximum atomic E-state index is 12.6. The van der Waals surface area contributed by atoms with Gasteiger partial charge in [-0.2, -0.15) is 13.2 Å². The SMILES string of the molecule is CC(=O)Nc1ccc(C(=O)O)cc1C(F)(F)F. The highest BCUT2D eigenvalue weighted by Gasteiger charge is 2.34. The zero-order chi connectivity index (χ0) is 13.2. The first kappa shape index (κ1) is 13.0. The van der Waals surface area contributed by atoms with E-state index in [0.717, 1.165) is 19.1 Å². The second-order valence-electron chi connectivity index (χ2n) is 3.24. The van der Waals surface area contributed by atoms with Gasteiger partial charge in [0.05, 0.1) is 16.8 Å². The molecule has 4 nitrogen and oxygen atoms in total. The summed E-state index contributed by atoms with van der Waals surface area (Å²) in [6.07, 6.45) is -4.73. The van der Waals surface area contributed by atoms with E-state index in [1.54, 1.807) is 0 Å². The maximum absolute atomic E-state index is 12.6. The number of rotatable bonds is 2. The highest BCUT2D eigenvalue weighted by Crippen LogP contribution is 2.35. The van der Waals surface area contributed by atoms with Gasteiger partial charge >= 0.3 is 12.1 Å². The van der Waals surface area contributed by atoms with Crippen molar-refractivity contribution < 1.29 is 27.9 Å². The van der Waals surface area contributed by atoms with Crippen LogP contribution < -0.4 is 5.32 Å². The molecule has 1 rings (SSSR count). The van der Waals surface area contributed by atoms with Crippen molar-refractivity contribution in [2.24, 2.45) is 0 Å². The van der Waals surface area contributed by atoms with Crippen LogP contribution in [0.5, 0.6) is 0 Å². The topological polar surface area (TPSA) is 66.4 Å². The summed E-state index contributed by atoms with van der Waals surface area (Å²) in [6, 6.07) is 2.38. The normalized spacial score (nSPS) is 11.1. The summed E-state index contributed by atoms with van der Waals surface area (Å²) >= 11 is 0. The number of carboxylic acid groups (broad SMARTS) is 1. The number of hydrogen-bond acceptors (Lipinski definition) is 2. The Morgan fingerprint density at radius 3 is 2.29 bits per heavy atom. The Morgan fingerprint density at radius 1 is 1.29 bits per heavy atom. The maximum Gasteiger partial charge on any atom is 0.418 e. The molecule has 0 radical (unpaired) electrons. The molecule has 0 aliphatic carbocycles. The van der Waals surface area contributed by atoms with Gasteiger partial charge in [0.2, 0.25) is 5.91 Å². The van der Waals surface area contributed by atoms with E-state index in [9.17, 15) is 22.8 Å². The zero-order valence-electron chi connectivity index (χ0n) is 8.63. The summed E-state index contributed by atoms with van der Waals surface area (Å²) < 4.78 is 37.8. The third-order valence-electron chi connectivity index (χ3n) is 1.88. The number of carboxylic acids is 1. The molecule has 0 bridgehead atoms. The lowest BCUT2D eigenvalue weighted by Gasteiger charge is -2.13. The van der Waals surface area contributed by atoms with Crippen molar-refractivity contribution in [3.63, 3.8) is 0 Å². The number of nitrogens with one attached hydrogen (secondary N) is 1. The molecule has 0 aliphatic rings. The van der Waals surface area contributed by atoms with Gasteiger partial charge in [0.1, 0.15) is 0 Å². The van der Waals surface area contributed by atoms with Gasteiger partial charge in [-0.05, 0) is 18.2 Å². The van der Waals surface area contributed by atoms with Crippen LogP contribution in [0.15, 0.2) is 18.2 Å². The van der Waals surface area contributed by atoms with Crippen LogP contribution in [0.4, 0.5) is 18.9 Å². The van der Waals surface area contributed by atoms with Gasteiger partial charge < -0.3 is 10.4 Å². The van der Waals surface area contributed by atoms with Gasteiger partial charge in [0.15, 0.2) is 0 Å². The molecule has 0 saturated carbocycles. The molecule has 0 spiro atoms. The van der Waals surface area contributed by atoms with Crippen LogP contribution in [0.1, 0.15) is 22.8 Å². The van der Waals surface area contributed by atoms with Crippen LogP contribution in [0, 0.1) is 0 Å². The van der Waals surface area contributed by atoms with Crippen LogP contribution in [-0.4, -0.2) is 17.0 Å². The van der Waals surface area contributed by atoms with Gasteiger partial charge in [0, 0.05) is 6.92 Å². The number of anilines is 1. The van der Waals surface area contributed by atoms with Gasteiger partial charge in [-0.15, -0.1) is 0 Å². The fourth-order valence-electron chi connectivity index (χ4n) is 1.21. The first-order valence-corrected chi connectivity index (χ1v) is 4.44. The van der Waals surface area contributed by atoms with E-state index < -0.39 is 34.9 Å². The number of carbonyl (C=O) groups is 2. The van der Waals surface area contributed by atoms with Crippen LogP contribution in [0.25, 0.3) is 0 Å². The number of benzene rings is 1. The van der Waals surface area contributed by atoms with Gasteiger partial charge in [0.25, 0.3) is 0 Å². The third kappa shape index (κ3) is 3.20. The largest absolute Gasteiger partial charge is 0.478 e. The van der Waals surface area contributed by atoms with Crippen LogP contribution in [0.2, 0.25) is 0 Å². The number of carbonyl (C=O) groups excluding carboxylic acids is 1. The second-order valence-corrected chi connectivity index (χ2v) is 3.24. The number of alkyl halides is 3. The van der Waals surface area contributed by atoms with Gasteiger partial charge in [-0.25, -0.2) is 4.79 Å². The Hall–Kier alpha value is -2.05. The average Bonchev–Trinajstić information content (AvgIpc) is 2.15. The molecule has 0 fully saturated rings. The van der Waals surface area contributed by atoms with E-state index >= 15 is 0 Å². The summed E-state index contributed by atoms with van der Waals surface area (Å²) in [5, 5.41) is 10.6. The minimum atomic E-state index is -4.73. The van der Waals surface area contributed by atoms with Gasteiger partial charge in [-0.3, -0.25) is 4.79 Å². The molecular formula is C10H8F3NO3.